The fourth-order valence-corrected chi connectivity index (χ4v) is 2.37. The van der Waals surface area contributed by atoms with Crippen LogP contribution in [-0.4, -0.2) is 28.2 Å². The molecule has 1 heterocycles. The lowest BCUT2D eigenvalue weighted by atomic mass is 10.2. The number of rotatable bonds is 5. The minimum absolute atomic E-state index is 0.158. The van der Waals surface area contributed by atoms with E-state index in [0.717, 1.165) is 0 Å². The summed E-state index contributed by atoms with van der Waals surface area (Å²) in [4.78, 5) is 20.7. The molecule has 7 nitrogen and oxygen atoms in total. The first kappa shape index (κ1) is 21.1. The van der Waals surface area contributed by atoms with Gasteiger partial charge in [-0.1, -0.05) is 37.0 Å². The second-order valence-corrected chi connectivity index (χ2v) is 7.37. The minimum atomic E-state index is -0.613. The quantitative estimate of drug-likeness (QED) is 0.519. The smallest absolute Gasteiger partial charge is 0.413 e. The van der Waals surface area contributed by atoms with E-state index in [2.05, 4.69) is 20.6 Å². The van der Waals surface area contributed by atoms with E-state index in [9.17, 15) is 4.79 Å². The molecule has 0 spiro atoms. The van der Waals surface area contributed by atoms with E-state index < -0.39 is 6.09 Å². The molecule has 1 aromatic heterocycles. The molecule has 0 aliphatic heterocycles. The van der Waals surface area contributed by atoms with Crippen molar-refractivity contribution >= 4 is 46.9 Å². The SMILES string of the molecule is CC(C)COC(=O)N/C(=N/c1nccn1C(C)C)Nc1ccc(Cl)c(Cl)c1. The van der Waals surface area contributed by atoms with Gasteiger partial charge in [0.25, 0.3) is 0 Å². The highest BCUT2D eigenvalue weighted by molar-refractivity contribution is 6.42. The van der Waals surface area contributed by atoms with Gasteiger partial charge in [0.2, 0.25) is 11.9 Å². The molecule has 0 aliphatic rings. The third-order valence-corrected chi connectivity index (χ3v) is 4.11. The molecule has 0 saturated carbocycles. The molecule has 0 aliphatic carbocycles. The van der Waals surface area contributed by atoms with E-state index in [1.807, 2.05) is 38.5 Å². The topological polar surface area (TPSA) is 80.5 Å². The molecule has 2 rings (SSSR count). The van der Waals surface area contributed by atoms with Crippen LogP contribution in [-0.2, 0) is 4.74 Å². The molecule has 0 saturated heterocycles. The summed E-state index contributed by atoms with van der Waals surface area (Å²) in [6.07, 6.45) is 2.85. The molecule has 1 aromatic carbocycles. The highest BCUT2D eigenvalue weighted by Gasteiger charge is 2.12. The van der Waals surface area contributed by atoms with Crippen LogP contribution >= 0.6 is 23.2 Å². The lowest BCUT2D eigenvalue weighted by Crippen LogP contribution is -2.36. The molecule has 0 bridgehead atoms. The van der Waals surface area contributed by atoms with Gasteiger partial charge in [-0.3, -0.25) is 5.32 Å². The standard InChI is InChI=1S/C18H23Cl2N5O2/c1-11(2)10-27-18(26)24-16(22-13-5-6-14(19)15(20)9-13)23-17-21-7-8-25(17)12(3)4/h5-9,11-12H,10H2,1-4H3,(H2,21,22,23,24,26). The largest absolute Gasteiger partial charge is 0.449 e. The molecular weight excluding hydrogens is 389 g/mol. The van der Waals surface area contributed by atoms with E-state index >= 15 is 0 Å². The van der Waals surface area contributed by atoms with Crippen molar-refractivity contribution in [2.75, 3.05) is 11.9 Å². The number of amides is 1. The maximum atomic E-state index is 12.1. The first-order chi connectivity index (χ1) is 12.8. The van der Waals surface area contributed by atoms with E-state index in [0.29, 0.717) is 28.3 Å². The number of nitrogens with one attached hydrogen (secondary N) is 2. The number of carbonyl (C=O) groups excluding carboxylic acids is 1. The van der Waals surface area contributed by atoms with E-state index in [1.165, 1.54) is 0 Å². The summed E-state index contributed by atoms with van der Waals surface area (Å²) < 4.78 is 7.04. The molecule has 9 heteroatoms. The Hall–Kier alpha value is -2.25. The third kappa shape index (κ3) is 6.45. The summed E-state index contributed by atoms with van der Waals surface area (Å²) in [5.41, 5.74) is 0.606. The fraction of sp³-hybridized carbons (Fsp3) is 0.389. The first-order valence-electron chi connectivity index (χ1n) is 8.53. The van der Waals surface area contributed by atoms with Crippen molar-refractivity contribution < 1.29 is 9.53 Å². The second-order valence-electron chi connectivity index (χ2n) is 6.56. The third-order valence-electron chi connectivity index (χ3n) is 3.37. The average Bonchev–Trinajstić information content (AvgIpc) is 3.04. The summed E-state index contributed by atoms with van der Waals surface area (Å²) in [5.74, 6) is 0.825. The number of hydrogen-bond donors (Lipinski definition) is 2. The van der Waals surface area contributed by atoms with Crippen LogP contribution in [0, 0.1) is 5.92 Å². The van der Waals surface area contributed by atoms with Gasteiger partial charge in [-0.05, 0) is 38.0 Å². The Morgan fingerprint density at radius 2 is 2.00 bits per heavy atom. The van der Waals surface area contributed by atoms with Gasteiger partial charge < -0.3 is 14.6 Å². The predicted molar refractivity (Wildman–Crippen MR) is 109 cm³/mol. The molecule has 0 unspecified atom stereocenters. The predicted octanol–water partition coefficient (Wildman–Crippen LogP) is 5.25. The highest BCUT2D eigenvalue weighted by atomic mass is 35.5. The number of halogens is 2. The Morgan fingerprint density at radius 1 is 1.26 bits per heavy atom. The Bertz CT molecular complexity index is 818. The Balaban J connectivity index is 2.26. The van der Waals surface area contributed by atoms with Gasteiger partial charge in [-0.15, -0.1) is 0 Å². The summed E-state index contributed by atoms with van der Waals surface area (Å²) in [5, 5.41) is 6.43. The van der Waals surface area contributed by atoms with Gasteiger partial charge in [0.05, 0.1) is 16.7 Å². The number of ether oxygens (including phenoxy) is 1. The van der Waals surface area contributed by atoms with Gasteiger partial charge in [-0.2, -0.15) is 4.99 Å². The lowest BCUT2D eigenvalue weighted by Gasteiger charge is -2.14. The van der Waals surface area contributed by atoms with Gasteiger partial charge in [0.1, 0.15) is 0 Å². The summed E-state index contributed by atoms with van der Waals surface area (Å²) in [7, 11) is 0. The number of alkyl carbamates (subject to hydrolysis) is 1. The van der Waals surface area contributed by atoms with Crippen LogP contribution in [0.1, 0.15) is 33.7 Å². The Labute approximate surface area is 168 Å². The normalized spacial score (nSPS) is 11.8. The van der Waals surface area contributed by atoms with Crippen LogP contribution in [0.15, 0.2) is 35.6 Å². The highest BCUT2D eigenvalue weighted by Crippen LogP contribution is 2.25. The number of imidazole rings is 1. The van der Waals surface area contributed by atoms with Crippen molar-refractivity contribution in [2.45, 2.75) is 33.7 Å². The molecule has 2 N–H and O–H groups in total. The van der Waals surface area contributed by atoms with E-state index in [-0.39, 0.29) is 17.9 Å². The van der Waals surface area contributed by atoms with Crippen molar-refractivity contribution in [3.05, 3.63) is 40.6 Å². The Kier molecular flexibility index (Phi) is 7.50. The zero-order valence-electron chi connectivity index (χ0n) is 15.7. The van der Waals surface area contributed by atoms with Gasteiger partial charge in [0, 0.05) is 24.1 Å². The van der Waals surface area contributed by atoms with Crippen LogP contribution in [0.25, 0.3) is 0 Å². The summed E-state index contributed by atoms with van der Waals surface area (Å²) >= 11 is 12.0. The molecule has 1 amide bonds. The maximum Gasteiger partial charge on any atom is 0.413 e. The number of nitrogens with zero attached hydrogens (tertiary/aromatic N) is 3. The van der Waals surface area contributed by atoms with E-state index in [4.69, 9.17) is 27.9 Å². The molecule has 0 radical (unpaired) electrons. The summed E-state index contributed by atoms with van der Waals surface area (Å²) in [6, 6.07) is 5.16. The van der Waals surface area contributed by atoms with Crippen molar-refractivity contribution in [3.8, 4) is 0 Å². The number of anilines is 1. The van der Waals surface area contributed by atoms with Crippen molar-refractivity contribution in [3.63, 3.8) is 0 Å². The van der Waals surface area contributed by atoms with Crippen LogP contribution in [0.2, 0.25) is 10.0 Å². The number of benzene rings is 1. The van der Waals surface area contributed by atoms with Gasteiger partial charge >= 0.3 is 6.09 Å². The molecule has 27 heavy (non-hydrogen) atoms. The number of aliphatic imine (C=N–C) groups is 1. The average molecular weight is 412 g/mol. The monoisotopic (exact) mass is 411 g/mol. The minimum Gasteiger partial charge on any atom is -0.449 e. The van der Waals surface area contributed by atoms with Gasteiger partial charge in [0.15, 0.2) is 0 Å². The molecule has 0 fully saturated rings. The zero-order valence-corrected chi connectivity index (χ0v) is 17.2. The van der Waals surface area contributed by atoms with Gasteiger partial charge in [-0.25, -0.2) is 9.78 Å². The zero-order chi connectivity index (χ0) is 20.0. The fourth-order valence-electron chi connectivity index (χ4n) is 2.07. The molecule has 2 aromatic rings. The van der Waals surface area contributed by atoms with Crippen LogP contribution in [0.4, 0.5) is 16.4 Å². The number of guanidine groups is 1. The molecule has 146 valence electrons. The van der Waals surface area contributed by atoms with Crippen LogP contribution in [0.3, 0.4) is 0 Å². The van der Waals surface area contributed by atoms with E-state index in [1.54, 1.807) is 24.4 Å². The van der Waals surface area contributed by atoms with Crippen LogP contribution < -0.4 is 10.6 Å². The molecular formula is C18H23Cl2N5O2. The van der Waals surface area contributed by atoms with Crippen molar-refractivity contribution in [1.29, 1.82) is 0 Å². The molecule has 0 atom stereocenters. The lowest BCUT2D eigenvalue weighted by molar-refractivity contribution is 0.138. The number of hydrogen-bond acceptors (Lipinski definition) is 4. The van der Waals surface area contributed by atoms with Crippen LogP contribution in [0.5, 0.6) is 0 Å². The van der Waals surface area contributed by atoms with Crippen molar-refractivity contribution in [2.24, 2.45) is 10.9 Å². The Morgan fingerprint density at radius 3 is 2.63 bits per heavy atom. The second kappa shape index (κ2) is 9.62. The maximum absolute atomic E-state index is 12.1. The van der Waals surface area contributed by atoms with Crippen molar-refractivity contribution in [1.82, 2.24) is 14.9 Å². The summed E-state index contributed by atoms with van der Waals surface area (Å²) in [6.45, 7) is 8.23. The first-order valence-corrected chi connectivity index (χ1v) is 9.29. The number of carbonyl (C=O) groups is 1. The number of aromatic nitrogens is 2.